The zero-order valence-corrected chi connectivity index (χ0v) is 14.7. The molecule has 9 nitrogen and oxygen atoms in total. The van der Waals surface area contributed by atoms with Crippen LogP contribution in [0.25, 0.3) is 11.2 Å². The maximum Gasteiger partial charge on any atom is 0.226 e. The van der Waals surface area contributed by atoms with Gasteiger partial charge in [-0.1, -0.05) is 6.42 Å². The van der Waals surface area contributed by atoms with Crippen LogP contribution in [0.1, 0.15) is 25.5 Å². The summed E-state index contributed by atoms with van der Waals surface area (Å²) in [6.45, 7) is 0.871. The second-order valence-corrected chi connectivity index (χ2v) is 6.86. The van der Waals surface area contributed by atoms with E-state index in [0.29, 0.717) is 17.0 Å². The third kappa shape index (κ3) is 3.12. The van der Waals surface area contributed by atoms with E-state index in [9.17, 15) is 14.6 Å². The fourth-order valence-electron chi connectivity index (χ4n) is 3.40. The molecule has 0 bridgehead atoms. The van der Waals surface area contributed by atoms with Gasteiger partial charge in [-0.2, -0.15) is 9.97 Å². The Morgan fingerprint density at radius 1 is 1.23 bits per heavy atom. The Bertz CT molecular complexity index is 786. The molecule has 2 aliphatic heterocycles. The largest absolute Gasteiger partial charge is 0.387 e. The van der Waals surface area contributed by atoms with Gasteiger partial charge >= 0.3 is 0 Å². The molecule has 0 aliphatic carbocycles. The van der Waals surface area contributed by atoms with Crippen molar-refractivity contribution < 1.29 is 19.3 Å². The molecule has 2 aromatic heterocycles. The Kier molecular flexibility index (Phi) is 4.93. The molecule has 0 spiro atoms. The molecular formula is C15H20ClFN6O3. The average Bonchev–Trinajstić information content (AvgIpc) is 3.17. The van der Waals surface area contributed by atoms with Crippen LogP contribution < -0.4 is 5.43 Å². The van der Waals surface area contributed by atoms with Crippen molar-refractivity contribution in [3.05, 3.63) is 11.6 Å². The molecule has 4 rings (SSSR count). The molecule has 1 unspecified atom stereocenters. The van der Waals surface area contributed by atoms with Gasteiger partial charge in [-0.3, -0.25) is 4.57 Å². The Labute approximate surface area is 153 Å². The maximum atomic E-state index is 13.0. The third-order valence-corrected chi connectivity index (χ3v) is 4.95. The predicted molar refractivity (Wildman–Crippen MR) is 91.3 cm³/mol. The molecule has 2 aromatic rings. The molecular weight excluding hydrogens is 367 g/mol. The van der Waals surface area contributed by atoms with Gasteiger partial charge in [-0.15, -0.1) is 0 Å². The molecule has 142 valence electrons. The smallest absolute Gasteiger partial charge is 0.226 e. The van der Waals surface area contributed by atoms with Gasteiger partial charge in [0.2, 0.25) is 5.28 Å². The Morgan fingerprint density at radius 2 is 2.00 bits per heavy atom. The predicted octanol–water partition coefficient (Wildman–Crippen LogP) is 0.881. The molecule has 4 atom stereocenters. The van der Waals surface area contributed by atoms with E-state index in [1.54, 1.807) is 0 Å². The van der Waals surface area contributed by atoms with Crippen LogP contribution in [0.15, 0.2) is 6.33 Å². The molecule has 11 heteroatoms. The molecule has 0 saturated carbocycles. The van der Waals surface area contributed by atoms with Gasteiger partial charge in [0.15, 0.2) is 23.2 Å². The third-order valence-electron chi connectivity index (χ3n) is 4.78. The number of anilines is 1. The van der Waals surface area contributed by atoms with Gasteiger partial charge < -0.3 is 20.4 Å². The van der Waals surface area contributed by atoms with Crippen molar-refractivity contribution in [2.45, 2.75) is 43.8 Å². The number of ether oxygens (including phenoxy) is 1. The van der Waals surface area contributed by atoms with Crippen molar-refractivity contribution >= 4 is 28.6 Å². The first-order chi connectivity index (χ1) is 12.6. The summed E-state index contributed by atoms with van der Waals surface area (Å²) in [5.74, 6) is 0.454. The first-order valence-corrected chi connectivity index (χ1v) is 8.95. The summed E-state index contributed by atoms with van der Waals surface area (Å²) >= 11 is 6.06. The lowest BCUT2D eigenvalue weighted by molar-refractivity contribution is -0.0409. The van der Waals surface area contributed by atoms with Crippen LogP contribution in [0.3, 0.4) is 0 Å². The summed E-state index contributed by atoms with van der Waals surface area (Å²) in [7, 11) is 0. The molecule has 26 heavy (non-hydrogen) atoms. The van der Waals surface area contributed by atoms with Crippen molar-refractivity contribution in [3.8, 4) is 0 Å². The molecule has 0 amide bonds. The SMILES string of the molecule is O[C@@H]1[C@H](O)C(CF)O[C@H]1n1cnc2c(NN3CCCCC3)nc(Cl)nc21. The quantitative estimate of drug-likeness (QED) is 0.664. The van der Waals surface area contributed by atoms with Crippen LogP contribution in [-0.4, -0.2) is 72.8 Å². The number of aliphatic hydroxyl groups is 2. The van der Waals surface area contributed by atoms with E-state index >= 15 is 0 Å². The molecule has 2 aliphatic rings. The number of imidazole rings is 1. The first-order valence-electron chi connectivity index (χ1n) is 8.57. The number of hydrogen-bond acceptors (Lipinski definition) is 8. The monoisotopic (exact) mass is 386 g/mol. The van der Waals surface area contributed by atoms with Crippen LogP contribution in [-0.2, 0) is 4.74 Å². The highest BCUT2D eigenvalue weighted by atomic mass is 35.5. The number of hydrogen-bond donors (Lipinski definition) is 3. The maximum absolute atomic E-state index is 13.0. The van der Waals surface area contributed by atoms with E-state index in [1.807, 2.05) is 5.01 Å². The van der Waals surface area contributed by atoms with E-state index in [4.69, 9.17) is 16.3 Å². The second kappa shape index (κ2) is 7.20. The topological polar surface area (TPSA) is 109 Å². The lowest BCUT2D eigenvalue weighted by Gasteiger charge is -2.27. The number of nitrogens with one attached hydrogen (secondary N) is 1. The van der Waals surface area contributed by atoms with Gasteiger partial charge in [0.25, 0.3) is 0 Å². The summed E-state index contributed by atoms with van der Waals surface area (Å²) in [6.07, 6.45) is 0.0496. The number of alkyl halides is 1. The fraction of sp³-hybridized carbons (Fsp3) is 0.667. The molecule has 3 N–H and O–H groups in total. The van der Waals surface area contributed by atoms with Gasteiger partial charge in [-0.25, -0.2) is 14.4 Å². The Morgan fingerprint density at radius 3 is 2.69 bits per heavy atom. The molecule has 2 saturated heterocycles. The highest BCUT2D eigenvalue weighted by Crippen LogP contribution is 2.33. The van der Waals surface area contributed by atoms with Gasteiger partial charge in [-0.05, 0) is 24.4 Å². The summed E-state index contributed by atoms with van der Waals surface area (Å²) in [6, 6.07) is 0. The average molecular weight is 387 g/mol. The first kappa shape index (κ1) is 17.8. The van der Waals surface area contributed by atoms with Crippen LogP contribution in [0.2, 0.25) is 5.28 Å². The fourth-order valence-corrected chi connectivity index (χ4v) is 3.56. The number of aromatic nitrogens is 4. The number of hydrazine groups is 1. The van der Waals surface area contributed by atoms with E-state index in [-0.39, 0.29) is 5.28 Å². The Balaban J connectivity index is 1.67. The number of rotatable bonds is 4. The van der Waals surface area contributed by atoms with E-state index in [2.05, 4.69) is 20.4 Å². The van der Waals surface area contributed by atoms with Crippen molar-refractivity contribution in [3.63, 3.8) is 0 Å². The van der Waals surface area contributed by atoms with Crippen molar-refractivity contribution in [1.82, 2.24) is 24.5 Å². The summed E-state index contributed by atoms with van der Waals surface area (Å²) in [5, 5.41) is 22.2. The van der Waals surface area contributed by atoms with Gasteiger partial charge in [0.05, 0.1) is 6.33 Å². The van der Waals surface area contributed by atoms with Crippen molar-refractivity contribution in [2.75, 3.05) is 25.2 Å². The summed E-state index contributed by atoms with van der Waals surface area (Å²) in [4.78, 5) is 12.7. The van der Waals surface area contributed by atoms with E-state index < -0.39 is 31.2 Å². The minimum absolute atomic E-state index is 0.00818. The summed E-state index contributed by atoms with van der Waals surface area (Å²) < 4.78 is 19.8. The lowest BCUT2D eigenvalue weighted by atomic mass is 10.1. The number of fused-ring (bicyclic) bond motifs is 1. The normalized spacial score (nSPS) is 30.2. The number of aliphatic hydroxyl groups excluding tert-OH is 2. The molecule has 0 aromatic carbocycles. The summed E-state index contributed by atoms with van der Waals surface area (Å²) in [5.41, 5.74) is 4.00. The van der Waals surface area contributed by atoms with Crippen LogP contribution in [0, 0.1) is 0 Å². The lowest BCUT2D eigenvalue weighted by Crippen LogP contribution is -2.35. The van der Waals surface area contributed by atoms with Gasteiger partial charge in [0, 0.05) is 13.1 Å². The molecule has 0 radical (unpaired) electrons. The molecule has 4 heterocycles. The highest BCUT2D eigenvalue weighted by Gasteiger charge is 2.44. The van der Waals surface area contributed by atoms with E-state index in [1.165, 1.54) is 17.3 Å². The highest BCUT2D eigenvalue weighted by molar-refractivity contribution is 6.28. The number of halogens is 2. The zero-order chi connectivity index (χ0) is 18.3. The van der Waals surface area contributed by atoms with Crippen LogP contribution in [0.4, 0.5) is 10.2 Å². The van der Waals surface area contributed by atoms with Crippen LogP contribution in [0.5, 0.6) is 0 Å². The van der Waals surface area contributed by atoms with Crippen LogP contribution >= 0.6 is 11.6 Å². The number of nitrogens with zero attached hydrogens (tertiary/aromatic N) is 5. The van der Waals surface area contributed by atoms with Crippen molar-refractivity contribution in [2.24, 2.45) is 0 Å². The standard InChI is InChI=1S/C15H20ClFN6O3/c16-15-19-12(21-22-4-2-1-3-5-22)9-13(20-15)23(7-18-9)14-11(25)10(24)8(6-17)26-14/h7-8,10-11,14,24-25H,1-6H2,(H,19,20,21)/t8?,10-,11-,14-/m1/s1. The Hall–Kier alpha value is -1.59. The van der Waals surface area contributed by atoms with Crippen molar-refractivity contribution in [1.29, 1.82) is 0 Å². The number of piperidine rings is 1. The molecule has 2 fully saturated rings. The minimum Gasteiger partial charge on any atom is -0.387 e. The van der Waals surface area contributed by atoms with Gasteiger partial charge in [0.1, 0.15) is 25.0 Å². The zero-order valence-electron chi connectivity index (χ0n) is 13.9. The van der Waals surface area contributed by atoms with E-state index in [0.717, 1.165) is 25.9 Å². The second-order valence-electron chi connectivity index (χ2n) is 6.53. The minimum atomic E-state index is -1.33.